The van der Waals surface area contributed by atoms with Gasteiger partial charge < -0.3 is 14.6 Å². The molecule has 1 heterocycles. The monoisotopic (exact) mass is 202 g/mol. The van der Waals surface area contributed by atoms with Gasteiger partial charge in [-0.25, -0.2) is 0 Å². The maximum atomic E-state index is 10.9. The normalized spacial score (nSPS) is 38.0. The molecule has 3 atom stereocenters. The Morgan fingerprint density at radius 1 is 1.64 bits per heavy atom. The van der Waals surface area contributed by atoms with Crippen LogP contribution in [0.1, 0.15) is 33.6 Å². The van der Waals surface area contributed by atoms with E-state index in [0.29, 0.717) is 12.8 Å². The summed E-state index contributed by atoms with van der Waals surface area (Å²) in [6, 6.07) is 0. The molecule has 0 aromatic carbocycles. The second kappa shape index (κ2) is 4.28. The molecule has 1 saturated heterocycles. The SMILES string of the molecule is CC(=O)O[C@@]1(C)C[C@H](CO)O[C@H](C)C1. The van der Waals surface area contributed by atoms with Gasteiger partial charge in [0.1, 0.15) is 5.60 Å². The summed E-state index contributed by atoms with van der Waals surface area (Å²) in [5, 5.41) is 9.01. The number of hydrogen-bond donors (Lipinski definition) is 1. The second-order valence-corrected chi connectivity index (χ2v) is 4.20. The van der Waals surface area contributed by atoms with Crippen molar-refractivity contribution in [3.63, 3.8) is 0 Å². The third-order valence-corrected chi connectivity index (χ3v) is 2.40. The molecule has 1 rings (SSSR count). The molecule has 0 aromatic heterocycles. The van der Waals surface area contributed by atoms with Crippen molar-refractivity contribution >= 4 is 5.97 Å². The van der Waals surface area contributed by atoms with E-state index in [2.05, 4.69) is 0 Å². The van der Waals surface area contributed by atoms with Crippen molar-refractivity contribution in [2.45, 2.75) is 51.4 Å². The molecule has 0 saturated carbocycles. The van der Waals surface area contributed by atoms with Crippen LogP contribution in [0.15, 0.2) is 0 Å². The van der Waals surface area contributed by atoms with Gasteiger partial charge in [-0.3, -0.25) is 4.79 Å². The van der Waals surface area contributed by atoms with Gasteiger partial charge in [0, 0.05) is 19.8 Å². The Morgan fingerprint density at radius 2 is 2.29 bits per heavy atom. The van der Waals surface area contributed by atoms with Crippen molar-refractivity contribution in [1.29, 1.82) is 0 Å². The summed E-state index contributed by atoms with van der Waals surface area (Å²) in [7, 11) is 0. The van der Waals surface area contributed by atoms with Crippen molar-refractivity contribution in [3.05, 3.63) is 0 Å². The molecular formula is C10H18O4. The van der Waals surface area contributed by atoms with Gasteiger partial charge in [-0.1, -0.05) is 0 Å². The smallest absolute Gasteiger partial charge is 0.303 e. The fourth-order valence-corrected chi connectivity index (χ4v) is 2.14. The van der Waals surface area contributed by atoms with Gasteiger partial charge in [0.25, 0.3) is 0 Å². The standard InChI is InChI=1S/C10H18O4/c1-7-4-10(3,14-8(2)12)5-9(6-11)13-7/h7,9,11H,4-6H2,1-3H3/t7-,9-,10-/m1/s1. The second-order valence-electron chi connectivity index (χ2n) is 4.20. The van der Waals surface area contributed by atoms with Crippen molar-refractivity contribution in [3.8, 4) is 0 Å². The fourth-order valence-electron chi connectivity index (χ4n) is 2.14. The van der Waals surface area contributed by atoms with E-state index in [9.17, 15) is 4.79 Å². The molecule has 82 valence electrons. The van der Waals surface area contributed by atoms with Gasteiger partial charge in [0.05, 0.1) is 18.8 Å². The molecule has 1 fully saturated rings. The highest BCUT2D eigenvalue weighted by atomic mass is 16.6. The van der Waals surface area contributed by atoms with Crippen LogP contribution < -0.4 is 0 Å². The average Bonchev–Trinajstić information content (AvgIpc) is 1.99. The van der Waals surface area contributed by atoms with Crippen LogP contribution in [0.2, 0.25) is 0 Å². The molecule has 0 unspecified atom stereocenters. The first-order chi connectivity index (χ1) is 6.45. The number of aliphatic hydroxyl groups excluding tert-OH is 1. The molecule has 0 aromatic rings. The lowest BCUT2D eigenvalue weighted by Crippen LogP contribution is -2.46. The molecule has 14 heavy (non-hydrogen) atoms. The lowest BCUT2D eigenvalue weighted by Gasteiger charge is -2.40. The zero-order chi connectivity index (χ0) is 10.8. The van der Waals surface area contributed by atoms with E-state index in [4.69, 9.17) is 14.6 Å². The Hall–Kier alpha value is -0.610. The summed E-state index contributed by atoms with van der Waals surface area (Å²) in [6.07, 6.45) is 1.05. The summed E-state index contributed by atoms with van der Waals surface area (Å²) in [5.41, 5.74) is -0.489. The Morgan fingerprint density at radius 3 is 2.79 bits per heavy atom. The molecule has 0 spiro atoms. The molecule has 0 radical (unpaired) electrons. The van der Waals surface area contributed by atoms with Crippen LogP contribution in [0.3, 0.4) is 0 Å². The van der Waals surface area contributed by atoms with Crippen molar-refractivity contribution < 1.29 is 19.4 Å². The first-order valence-corrected chi connectivity index (χ1v) is 4.91. The molecule has 1 aliphatic rings. The molecule has 4 heteroatoms. The van der Waals surface area contributed by atoms with Gasteiger partial charge in [0.2, 0.25) is 0 Å². The van der Waals surface area contributed by atoms with Gasteiger partial charge in [0.15, 0.2) is 0 Å². The quantitative estimate of drug-likeness (QED) is 0.675. The van der Waals surface area contributed by atoms with Gasteiger partial charge >= 0.3 is 5.97 Å². The number of aliphatic hydroxyl groups is 1. The van der Waals surface area contributed by atoms with Crippen LogP contribution in [0, 0.1) is 0 Å². The lowest BCUT2D eigenvalue weighted by atomic mass is 9.89. The molecule has 0 aliphatic carbocycles. The first kappa shape index (κ1) is 11.5. The third kappa shape index (κ3) is 2.96. The minimum absolute atomic E-state index is 0.0187. The lowest BCUT2D eigenvalue weighted by molar-refractivity contribution is -0.182. The van der Waals surface area contributed by atoms with Crippen molar-refractivity contribution in [2.24, 2.45) is 0 Å². The molecule has 1 N–H and O–H groups in total. The Balaban J connectivity index is 2.63. The van der Waals surface area contributed by atoms with Crippen LogP contribution in [0.5, 0.6) is 0 Å². The molecule has 0 bridgehead atoms. The van der Waals surface area contributed by atoms with Crippen molar-refractivity contribution in [1.82, 2.24) is 0 Å². The zero-order valence-corrected chi connectivity index (χ0v) is 8.95. The molecular weight excluding hydrogens is 184 g/mol. The predicted molar refractivity (Wildman–Crippen MR) is 50.8 cm³/mol. The highest BCUT2D eigenvalue weighted by Crippen LogP contribution is 2.31. The number of esters is 1. The minimum Gasteiger partial charge on any atom is -0.459 e. The predicted octanol–water partition coefficient (Wildman–Crippen LogP) is 0.868. The van der Waals surface area contributed by atoms with Gasteiger partial charge in [-0.2, -0.15) is 0 Å². The summed E-state index contributed by atoms with van der Waals surface area (Å²) in [4.78, 5) is 10.9. The maximum Gasteiger partial charge on any atom is 0.303 e. The third-order valence-electron chi connectivity index (χ3n) is 2.40. The summed E-state index contributed by atoms with van der Waals surface area (Å²) < 4.78 is 10.7. The summed E-state index contributed by atoms with van der Waals surface area (Å²) >= 11 is 0. The Bertz CT molecular complexity index is 216. The van der Waals surface area contributed by atoms with Crippen LogP contribution in [0.4, 0.5) is 0 Å². The van der Waals surface area contributed by atoms with Crippen LogP contribution in [-0.4, -0.2) is 35.5 Å². The fraction of sp³-hybridized carbons (Fsp3) is 0.900. The van der Waals surface area contributed by atoms with E-state index in [-0.39, 0.29) is 24.8 Å². The van der Waals surface area contributed by atoms with Crippen LogP contribution >= 0.6 is 0 Å². The largest absolute Gasteiger partial charge is 0.459 e. The van der Waals surface area contributed by atoms with E-state index < -0.39 is 5.60 Å². The minimum atomic E-state index is -0.489. The number of carbonyl (C=O) groups excluding carboxylic acids is 1. The highest BCUT2D eigenvalue weighted by molar-refractivity contribution is 5.66. The number of hydrogen-bond acceptors (Lipinski definition) is 4. The average molecular weight is 202 g/mol. The molecule has 4 nitrogen and oxygen atoms in total. The van der Waals surface area contributed by atoms with E-state index in [1.165, 1.54) is 6.92 Å². The Labute approximate surface area is 84.2 Å². The highest BCUT2D eigenvalue weighted by Gasteiger charge is 2.38. The van der Waals surface area contributed by atoms with E-state index >= 15 is 0 Å². The molecule has 1 aliphatic heterocycles. The Kier molecular flexibility index (Phi) is 3.50. The number of rotatable bonds is 2. The van der Waals surface area contributed by atoms with E-state index in [1.807, 2.05) is 13.8 Å². The summed E-state index contributed by atoms with van der Waals surface area (Å²) in [6.45, 7) is 5.18. The number of carbonyl (C=O) groups is 1. The van der Waals surface area contributed by atoms with Gasteiger partial charge in [-0.15, -0.1) is 0 Å². The number of ether oxygens (including phenoxy) is 2. The van der Waals surface area contributed by atoms with Crippen molar-refractivity contribution in [2.75, 3.05) is 6.61 Å². The zero-order valence-electron chi connectivity index (χ0n) is 8.95. The van der Waals surface area contributed by atoms with E-state index in [1.54, 1.807) is 0 Å². The van der Waals surface area contributed by atoms with Crippen LogP contribution in [-0.2, 0) is 14.3 Å². The topological polar surface area (TPSA) is 55.8 Å². The summed E-state index contributed by atoms with van der Waals surface area (Å²) in [5.74, 6) is -0.279. The molecule has 0 amide bonds. The first-order valence-electron chi connectivity index (χ1n) is 4.91. The van der Waals surface area contributed by atoms with Gasteiger partial charge in [-0.05, 0) is 13.8 Å². The van der Waals surface area contributed by atoms with E-state index in [0.717, 1.165) is 0 Å². The van der Waals surface area contributed by atoms with Crippen LogP contribution in [0.25, 0.3) is 0 Å². The maximum absolute atomic E-state index is 10.9.